The summed E-state index contributed by atoms with van der Waals surface area (Å²) in [5.74, 6) is 0. The normalized spacial score (nSPS) is 17.5. The highest BCUT2D eigenvalue weighted by molar-refractivity contribution is 5.76. The van der Waals surface area contributed by atoms with Gasteiger partial charge < -0.3 is 18.8 Å². The first kappa shape index (κ1) is 18.0. The third kappa shape index (κ3) is 4.04. The fourth-order valence-electron chi connectivity index (χ4n) is 2.81. The summed E-state index contributed by atoms with van der Waals surface area (Å²) in [5, 5.41) is 10.8. The molecule has 1 aromatic carbocycles. The number of ether oxygens (including phenoxy) is 2. The molecule has 3 rings (SSSR count). The van der Waals surface area contributed by atoms with E-state index in [4.69, 9.17) is 13.9 Å². The lowest BCUT2D eigenvalue weighted by molar-refractivity contribution is -0.384. The highest BCUT2D eigenvalue weighted by atomic mass is 16.6. The Balaban J connectivity index is 1.65. The lowest BCUT2D eigenvalue weighted by Gasteiger charge is -2.28. The number of fused-ring (bicyclic) bond motifs is 1. The minimum atomic E-state index is -0.555. The van der Waals surface area contributed by atoms with Crippen LogP contribution in [0.2, 0.25) is 0 Å². The number of oxazole rings is 1. The maximum Gasteiger partial charge on any atom is 0.410 e. The van der Waals surface area contributed by atoms with E-state index in [1.807, 2.05) is 20.8 Å². The number of likely N-dealkylation sites (tertiary alicyclic amines) is 1. The molecule has 2 heterocycles. The minimum absolute atomic E-state index is 0.0246. The van der Waals surface area contributed by atoms with Gasteiger partial charge in [-0.1, -0.05) is 0 Å². The second-order valence-electron chi connectivity index (χ2n) is 7.17. The summed E-state index contributed by atoms with van der Waals surface area (Å²) in [6, 6.07) is 4.03. The van der Waals surface area contributed by atoms with Crippen molar-refractivity contribution in [1.29, 1.82) is 0 Å². The third-order valence-electron chi connectivity index (χ3n) is 3.97. The average Bonchev–Trinajstić information content (AvgIpc) is 3.16. The molecule has 26 heavy (non-hydrogen) atoms. The van der Waals surface area contributed by atoms with Crippen LogP contribution in [0.4, 0.5) is 10.5 Å². The molecule has 2 aromatic rings. The van der Waals surface area contributed by atoms with Crippen molar-refractivity contribution in [2.75, 3.05) is 13.2 Å². The molecule has 9 nitrogen and oxygen atoms in total. The maximum atomic E-state index is 12.3. The van der Waals surface area contributed by atoms with Crippen molar-refractivity contribution in [2.45, 2.75) is 45.3 Å². The standard InChI is InChI=1S/C17H21N3O6/c1-17(2,3)26-16(21)19-8-4-5-12(19)10-24-15-18-13-9-11(20(22)23)6-7-14(13)25-15/h6-7,9,12H,4-5,8,10H2,1-3H3/t12-/m0/s1. The Morgan fingerprint density at radius 2 is 2.23 bits per heavy atom. The maximum absolute atomic E-state index is 12.3. The van der Waals surface area contributed by atoms with Crippen LogP contribution in [0.1, 0.15) is 33.6 Å². The minimum Gasteiger partial charge on any atom is -0.448 e. The Kier molecular flexibility index (Phi) is 4.71. The Morgan fingerprint density at radius 1 is 1.46 bits per heavy atom. The fraction of sp³-hybridized carbons (Fsp3) is 0.529. The van der Waals surface area contributed by atoms with Gasteiger partial charge in [0.2, 0.25) is 0 Å². The van der Waals surface area contributed by atoms with Crippen molar-refractivity contribution < 1.29 is 23.6 Å². The molecule has 1 atom stereocenters. The summed E-state index contributed by atoms with van der Waals surface area (Å²) in [7, 11) is 0. The van der Waals surface area contributed by atoms with Crippen LogP contribution < -0.4 is 4.74 Å². The highest BCUT2D eigenvalue weighted by Gasteiger charge is 2.33. The van der Waals surface area contributed by atoms with Gasteiger partial charge in [0.1, 0.15) is 17.7 Å². The molecule has 1 fully saturated rings. The fourth-order valence-corrected chi connectivity index (χ4v) is 2.81. The molecular weight excluding hydrogens is 342 g/mol. The van der Waals surface area contributed by atoms with E-state index in [1.54, 1.807) is 4.90 Å². The summed E-state index contributed by atoms with van der Waals surface area (Å²) in [6.45, 7) is 6.30. The van der Waals surface area contributed by atoms with Crippen LogP contribution in [0.5, 0.6) is 6.08 Å². The monoisotopic (exact) mass is 363 g/mol. The summed E-state index contributed by atoms with van der Waals surface area (Å²) in [5.41, 5.74) is 0.134. The molecule has 1 aliphatic heterocycles. The number of nitro groups is 1. The molecule has 0 aliphatic carbocycles. The summed E-state index contributed by atoms with van der Waals surface area (Å²) in [6.07, 6.45) is 1.33. The molecule has 140 valence electrons. The summed E-state index contributed by atoms with van der Waals surface area (Å²) < 4.78 is 16.5. The summed E-state index contributed by atoms with van der Waals surface area (Å²) >= 11 is 0. The number of nitrogens with zero attached hydrogens (tertiary/aromatic N) is 3. The predicted molar refractivity (Wildman–Crippen MR) is 92.1 cm³/mol. The molecule has 1 aromatic heterocycles. The Hall–Kier alpha value is -2.84. The number of benzene rings is 1. The predicted octanol–water partition coefficient (Wildman–Crippen LogP) is 3.51. The van der Waals surface area contributed by atoms with Gasteiger partial charge in [-0.3, -0.25) is 10.1 Å². The molecule has 0 saturated carbocycles. The first-order chi connectivity index (χ1) is 12.2. The molecule has 0 radical (unpaired) electrons. The van der Waals surface area contributed by atoms with Gasteiger partial charge in [0, 0.05) is 18.7 Å². The number of carbonyl (C=O) groups is 1. The van der Waals surface area contributed by atoms with Gasteiger partial charge in [-0.15, -0.1) is 0 Å². The molecule has 0 bridgehead atoms. The Labute approximate surface area is 150 Å². The first-order valence-corrected chi connectivity index (χ1v) is 8.40. The van der Waals surface area contributed by atoms with Gasteiger partial charge >= 0.3 is 12.2 Å². The van der Waals surface area contributed by atoms with Crippen molar-refractivity contribution in [1.82, 2.24) is 9.88 Å². The van der Waals surface area contributed by atoms with Crippen molar-refractivity contribution in [2.24, 2.45) is 0 Å². The number of non-ortho nitro benzene ring substituents is 1. The van der Waals surface area contributed by atoms with E-state index in [1.165, 1.54) is 18.2 Å². The van der Waals surface area contributed by atoms with Crippen LogP contribution in [0.25, 0.3) is 11.1 Å². The molecule has 1 aliphatic rings. The first-order valence-electron chi connectivity index (χ1n) is 8.40. The van der Waals surface area contributed by atoms with E-state index in [-0.39, 0.29) is 30.5 Å². The highest BCUT2D eigenvalue weighted by Crippen LogP contribution is 2.26. The van der Waals surface area contributed by atoms with Crippen LogP contribution in [0.15, 0.2) is 22.6 Å². The summed E-state index contributed by atoms with van der Waals surface area (Å²) in [4.78, 5) is 28.4. The van der Waals surface area contributed by atoms with E-state index in [0.29, 0.717) is 17.6 Å². The van der Waals surface area contributed by atoms with E-state index < -0.39 is 10.5 Å². The van der Waals surface area contributed by atoms with Gasteiger partial charge in [0.05, 0.1) is 11.0 Å². The number of carbonyl (C=O) groups excluding carboxylic acids is 1. The number of hydrogen-bond acceptors (Lipinski definition) is 7. The van der Waals surface area contributed by atoms with Crippen LogP contribution in [-0.4, -0.2) is 45.7 Å². The smallest absolute Gasteiger partial charge is 0.410 e. The van der Waals surface area contributed by atoms with Crippen LogP contribution in [0.3, 0.4) is 0 Å². The average molecular weight is 363 g/mol. The van der Waals surface area contributed by atoms with Gasteiger partial charge in [-0.05, 0) is 39.7 Å². The second kappa shape index (κ2) is 6.81. The lowest BCUT2D eigenvalue weighted by Crippen LogP contribution is -2.42. The van der Waals surface area contributed by atoms with Gasteiger partial charge in [-0.25, -0.2) is 4.79 Å². The zero-order valence-corrected chi connectivity index (χ0v) is 14.9. The Morgan fingerprint density at radius 3 is 2.92 bits per heavy atom. The van der Waals surface area contributed by atoms with Crippen LogP contribution in [0, 0.1) is 10.1 Å². The van der Waals surface area contributed by atoms with Crippen molar-refractivity contribution in [3.63, 3.8) is 0 Å². The van der Waals surface area contributed by atoms with Crippen molar-refractivity contribution in [3.05, 3.63) is 28.3 Å². The molecule has 1 amide bonds. The topological polar surface area (TPSA) is 108 Å². The second-order valence-corrected chi connectivity index (χ2v) is 7.17. The largest absolute Gasteiger partial charge is 0.448 e. The van der Waals surface area contributed by atoms with Crippen LogP contribution in [-0.2, 0) is 4.74 Å². The van der Waals surface area contributed by atoms with E-state index in [9.17, 15) is 14.9 Å². The number of amides is 1. The van der Waals surface area contributed by atoms with Gasteiger partial charge in [0.25, 0.3) is 5.69 Å². The molecule has 9 heteroatoms. The number of rotatable bonds is 4. The van der Waals surface area contributed by atoms with E-state index in [0.717, 1.165) is 12.8 Å². The number of aromatic nitrogens is 1. The zero-order valence-electron chi connectivity index (χ0n) is 14.9. The molecule has 0 unspecified atom stereocenters. The number of nitro benzene ring substituents is 1. The third-order valence-corrected chi connectivity index (χ3v) is 3.97. The van der Waals surface area contributed by atoms with Gasteiger partial charge in [0.15, 0.2) is 5.58 Å². The van der Waals surface area contributed by atoms with Crippen molar-refractivity contribution >= 4 is 22.9 Å². The van der Waals surface area contributed by atoms with E-state index >= 15 is 0 Å². The molecule has 0 N–H and O–H groups in total. The van der Waals surface area contributed by atoms with Crippen LogP contribution >= 0.6 is 0 Å². The lowest BCUT2D eigenvalue weighted by atomic mass is 10.2. The zero-order chi connectivity index (χ0) is 18.9. The van der Waals surface area contributed by atoms with Crippen molar-refractivity contribution in [3.8, 4) is 6.08 Å². The number of hydrogen-bond donors (Lipinski definition) is 0. The van der Waals surface area contributed by atoms with E-state index in [2.05, 4.69) is 4.98 Å². The SMILES string of the molecule is CC(C)(C)OC(=O)N1CCC[C@H]1COc1nc2cc([N+](=O)[O-])ccc2o1. The molecular formula is C17H21N3O6. The Bertz CT molecular complexity index is 826. The quantitative estimate of drug-likeness (QED) is 0.604. The molecule has 0 spiro atoms. The van der Waals surface area contributed by atoms with Gasteiger partial charge in [-0.2, -0.15) is 4.98 Å². The molecule has 1 saturated heterocycles.